The van der Waals surface area contributed by atoms with E-state index in [0.717, 1.165) is 5.56 Å². The van der Waals surface area contributed by atoms with E-state index in [9.17, 15) is 14.4 Å². The van der Waals surface area contributed by atoms with Crippen LogP contribution in [0.15, 0.2) is 48.7 Å². The summed E-state index contributed by atoms with van der Waals surface area (Å²) in [5.41, 5.74) is 7.74. The fourth-order valence-electron chi connectivity index (χ4n) is 3.05. The molecule has 0 bridgehead atoms. The van der Waals surface area contributed by atoms with Crippen LogP contribution >= 0.6 is 0 Å². The highest BCUT2D eigenvalue weighted by atomic mass is 19.1. The van der Waals surface area contributed by atoms with Crippen LogP contribution in [-0.4, -0.2) is 33.6 Å². The summed E-state index contributed by atoms with van der Waals surface area (Å²) in [7, 11) is 0. The molecule has 0 aliphatic heterocycles. The largest absolute Gasteiger partial charge is 0.394 e. The van der Waals surface area contributed by atoms with Crippen LogP contribution < -0.4 is 11.1 Å². The minimum Gasteiger partial charge on any atom is -0.394 e. The number of anilines is 1. The molecule has 0 aliphatic rings. The lowest BCUT2D eigenvalue weighted by Gasteiger charge is -2.14. The molecule has 30 heavy (non-hydrogen) atoms. The quantitative estimate of drug-likeness (QED) is 0.578. The second kappa shape index (κ2) is 9.11. The molecule has 1 aromatic heterocycles. The van der Waals surface area contributed by atoms with Gasteiger partial charge in [0.1, 0.15) is 23.4 Å². The molecule has 1 amide bonds. The number of nitrogens with zero attached hydrogens (tertiary/aromatic N) is 3. The summed E-state index contributed by atoms with van der Waals surface area (Å²) in [5.74, 6) is -0.733. The third kappa shape index (κ3) is 4.59. The summed E-state index contributed by atoms with van der Waals surface area (Å²) >= 11 is 0. The minimum absolute atomic E-state index is 0.0586. The van der Waals surface area contributed by atoms with E-state index >= 15 is 0 Å². The van der Waals surface area contributed by atoms with Crippen LogP contribution in [0.25, 0.3) is 22.4 Å². The number of aromatic nitrogens is 2. The minimum atomic E-state index is -0.573. The van der Waals surface area contributed by atoms with Crippen molar-refractivity contribution in [2.75, 3.05) is 12.3 Å². The van der Waals surface area contributed by atoms with Crippen LogP contribution in [0.2, 0.25) is 0 Å². The number of hydrogen-bond donors (Lipinski definition) is 3. The van der Waals surface area contributed by atoms with E-state index in [1.54, 1.807) is 37.3 Å². The lowest BCUT2D eigenvalue weighted by atomic mass is 9.95. The van der Waals surface area contributed by atoms with Crippen LogP contribution in [0.5, 0.6) is 0 Å². The number of nitrogens with two attached hydrogens (primary N) is 1. The first-order chi connectivity index (χ1) is 14.4. The molecule has 0 aliphatic carbocycles. The van der Waals surface area contributed by atoms with Crippen LogP contribution in [-0.2, 0) is 11.2 Å². The van der Waals surface area contributed by atoms with Crippen molar-refractivity contribution in [3.8, 4) is 28.5 Å². The predicted octanol–water partition coefficient (Wildman–Crippen LogP) is 2.44. The number of carbonyl (C=O) groups is 1. The Balaban J connectivity index is 1.95. The molecule has 0 fully saturated rings. The maximum atomic E-state index is 14.9. The van der Waals surface area contributed by atoms with E-state index in [4.69, 9.17) is 10.8 Å². The molecule has 152 valence electrons. The SMILES string of the molecule is C[C@@H](CO)NC(=O)Cc1ccccc1-c1ccc(-c2ncc(N)nc2C#N)c(F)c1. The third-order valence-electron chi connectivity index (χ3n) is 4.48. The molecule has 3 aromatic rings. The summed E-state index contributed by atoms with van der Waals surface area (Å²) in [5, 5.41) is 21.0. The van der Waals surface area contributed by atoms with Crippen molar-refractivity contribution in [3.05, 3.63) is 65.7 Å². The van der Waals surface area contributed by atoms with Crippen LogP contribution in [0.4, 0.5) is 10.2 Å². The molecule has 1 atom stereocenters. The van der Waals surface area contributed by atoms with Gasteiger partial charge in [-0.3, -0.25) is 4.79 Å². The number of nitrogen functional groups attached to an aromatic ring is 1. The molecule has 8 heteroatoms. The van der Waals surface area contributed by atoms with Crippen LogP contribution in [0.3, 0.4) is 0 Å². The number of aliphatic hydroxyl groups is 1. The standard InChI is InChI=1S/C22H20FN5O2/c1-13(12-29)27-21(30)9-14-4-2-3-5-16(14)15-6-7-17(18(23)8-15)22-19(10-24)28-20(25)11-26-22/h2-8,11,13,29H,9,12H2,1H3,(H2,25,28)(H,27,30)/t13-/m0/s1. The van der Waals surface area contributed by atoms with Gasteiger partial charge in [0.05, 0.1) is 19.2 Å². The van der Waals surface area contributed by atoms with Gasteiger partial charge in [-0.25, -0.2) is 14.4 Å². The molecule has 0 spiro atoms. The smallest absolute Gasteiger partial charge is 0.224 e. The third-order valence-corrected chi connectivity index (χ3v) is 4.48. The molecule has 0 unspecified atom stereocenters. The Bertz CT molecular complexity index is 1130. The number of aliphatic hydroxyl groups excluding tert-OH is 1. The summed E-state index contributed by atoms with van der Waals surface area (Å²) in [6.45, 7) is 1.55. The molecule has 3 rings (SSSR count). The van der Waals surface area contributed by atoms with E-state index in [1.165, 1.54) is 18.3 Å². The first-order valence-corrected chi connectivity index (χ1v) is 9.24. The first kappa shape index (κ1) is 20.9. The zero-order chi connectivity index (χ0) is 21.7. The number of rotatable bonds is 6. The van der Waals surface area contributed by atoms with Gasteiger partial charge < -0.3 is 16.2 Å². The van der Waals surface area contributed by atoms with Crippen molar-refractivity contribution < 1.29 is 14.3 Å². The molecule has 2 aromatic carbocycles. The number of nitrogens with one attached hydrogen (secondary N) is 1. The van der Waals surface area contributed by atoms with Crippen molar-refractivity contribution >= 4 is 11.7 Å². The zero-order valence-corrected chi connectivity index (χ0v) is 16.3. The van der Waals surface area contributed by atoms with E-state index in [0.29, 0.717) is 11.1 Å². The molecule has 1 heterocycles. The van der Waals surface area contributed by atoms with E-state index in [1.807, 2.05) is 6.07 Å². The maximum absolute atomic E-state index is 14.9. The van der Waals surface area contributed by atoms with Gasteiger partial charge in [0, 0.05) is 11.6 Å². The molecule has 0 radical (unpaired) electrons. The Kier molecular flexibility index (Phi) is 6.35. The Labute approximate surface area is 173 Å². The van der Waals surface area contributed by atoms with Crippen molar-refractivity contribution in [1.29, 1.82) is 5.26 Å². The number of halogens is 1. The number of amides is 1. The zero-order valence-electron chi connectivity index (χ0n) is 16.3. The average Bonchev–Trinajstić information content (AvgIpc) is 2.74. The van der Waals surface area contributed by atoms with E-state index in [2.05, 4.69) is 15.3 Å². The van der Waals surface area contributed by atoms with Gasteiger partial charge in [-0.15, -0.1) is 0 Å². The number of hydrogen-bond acceptors (Lipinski definition) is 6. The van der Waals surface area contributed by atoms with Crippen molar-refractivity contribution in [2.45, 2.75) is 19.4 Å². The Morgan fingerprint density at radius 3 is 2.77 bits per heavy atom. The van der Waals surface area contributed by atoms with Crippen molar-refractivity contribution in [2.24, 2.45) is 0 Å². The van der Waals surface area contributed by atoms with Gasteiger partial charge >= 0.3 is 0 Å². The van der Waals surface area contributed by atoms with Gasteiger partial charge in [-0.05, 0) is 35.7 Å². The Hall–Kier alpha value is -3.83. The molecular formula is C22H20FN5O2. The molecule has 4 N–H and O–H groups in total. The maximum Gasteiger partial charge on any atom is 0.224 e. The van der Waals surface area contributed by atoms with E-state index in [-0.39, 0.29) is 47.7 Å². The highest BCUT2D eigenvalue weighted by Crippen LogP contribution is 2.30. The number of carbonyl (C=O) groups excluding carboxylic acids is 1. The highest BCUT2D eigenvalue weighted by Gasteiger charge is 2.16. The molecule has 0 saturated carbocycles. The van der Waals surface area contributed by atoms with Gasteiger partial charge in [0.25, 0.3) is 0 Å². The lowest BCUT2D eigenvalue weighted by molar-refractivity contribution is -0.121. The van der Waals surface area contributed by atoms with Crippen molar-refractivity contribution in [1.82, 2.24) is 15.3 Å². The summed E-state index contributed by atoms with van der Waals surface area (Å²) in [6, 6.07) is 13.3. The van der Waals surface area contributed by atoms with E-state index < -0.39 is 5.82 Å². The fraction of sp³-hybridized carbons (Fsp3) is 0.182. The number of nitriles is 1. The fourth-order valence-corrected chi connectivity index (χ4v) is 3.05. The second-order valence-electron chi connectivity index (χ2n) is 6.78. The van der Waals surface area contributed by atoms with Crippen LogP contribution in [0, 0.1) is 17.1 Å². The Morgan fingerprint density at radius 1 is 1.30 bits per heavy atom. The average molecular weight is 405 g/mol. The molecule has 0 saturated heterocycles. The topological polar surface area (TPSA) is 125 Å². The lowest BCUT2D eigenvalue weighted by Crippen LogP contribution is -2.36. The molecule has 7 nitrogen and oxygen atoms in total. The summed E-state index contributed by atoms with van der Waals surface area (Å²) in [4.78, 5) is 20.2. The summed E-state index contributed by atoms with van der Waals surface area (Å²) < 4.78 is 14.9. The van der Waals surface area contributed by atoms with Gasteiger partial charge in [-0.1, -0.05) is 30.3 Å². The van der Waals surface area contributed by atoms with Crippen molar-refractivity contribution in [3.63, 3.8) is 0 Å². The van der Waals surface area contributed by atoms with Gasteiger partial charge in [0.15, 0.2) is 5.69 Å². The second-order valence-corrected chi connectivity index (χ2v) is 6.78. The highest BCUT2D eigenvalue weighted by molar-refractivity contribution is 5.82. The predicted molar refractivity (Wildman–Crippen MR) is 110 cm³/mol. The first-order valence-electron chi connectivity index (χ1n) is 9.24. The molecular weight excluding hydrogens is 385 g/mol. The van der Waals surface area contributed by atoms with Gasteiger partial charge in [-0.2, -0.15) is 5.26 Å². The number of benzene rings is 2. The normalized spacial score (nSPS) is 11.5. The monoisotopic (exact) mass is 405 g/mol. The van der Waals surface area contributed by atoms with Crippen LogP contribution in [0.1, 0.15) is 18.2 Å². The summed E-state index contributed by atoms with van der Waals surface area (Å²) in [6.07, 6.45) is 1.36. The van der Waals surface area contributed by atoms with Gasteiger partial charge in [0.2, 0.25) is 5.91 Å². The Morgan fingerprint density at radius 2 is 2.07 bits per heavy atom.